The number of aromatic nitrogens is 1. The van der Waals surface area contributed by atoms with Crippen molar-refractivity contribution in [1.82, 2.24) is 9.88 Å². The monoisotopic (exact) mass is 271 g/mol. The number of rotatable bonds is 6. The van der Waals surface area contributed by atoms with Crippen LogP contribution in [0.1, 0.15) is 16.8 Å². The predicted molar refractivity (Wildman–Crippen MR) is 80.3 cm³/mol. The molecular formula is C16H21N3O. The fourth-order valence-corrected chi connectivity index (χ4v) is 2.23. The Morgan fingerprint density at radius 1 is 1.20 bits per heavy atom. The lowest BCUT2D eigenvalue weighted by molar-refractivity contribution is 0.310. The summed E-state index contributed by atoms with van der Waals surface area (Å²) in [6.07, 6.45) is 1.81. The summed E-state index contributed by atoms with van der Waals surface area (Å²) >= 11 is 0. The second-order valence-corrected chi connectivity index (χ2v) is 4.84. The van der Waals surface area contributed by atoms with Gasteiger partial charge in [-0.05, 0) is 30.8 Å². The molecule has 0 aliphatic heterocycles. The minimum Gasteiger partial charge on any atom is -0.496 e. The SMILES string of the molecule is COc1ccccc1CN(C)Cc1ccnc(CN)c1. The Balaban J connectivity index is 2.03. The van der Waals surface area contributed by atoms with Gasteiger partial charge < -0.3 is 10.5 Å². The number of hydrogen-bond donors (Lipinski definition) is 1. The molecule has 20 heavy (non-hydrogen) atoms. The van der Waals surface area contributed by atoms with E-state index in [2.05, 4.69) is 29.1 Å². The maximum absolute atomic E-state index is 5.62. The number of ether oxygens (including phenoxy) is 1. The average molecular weight is 271 g/mol. The molecule has 1 aromatic carbocycles. The number of hydrogen-bond acceptors (Lipinski definition) is 4. The molecule has 0 bridgehead atoms. The molecule has 0 saturated carbocycles. The summed E-state index contributed by atoms with van der Waals surface area (Å²) in [5.74, 6) is 0.928. The lowest BCUT2D eigenvalue weighted by Gasteiger charge is -2.18. The van der Waals surface area contributed by atoms with Gasteiger partial charge in [0.25, 0.3) is 0 Å². The zero-order valence-electron chi connectivity index (χ0n) is 12.0. The van der Waals surface area contributed by atoms with Crippen LogP contribution in [-0.2, 0) is 19.6 Å². The van der Waals surface area contributed by atoms with Crippen LogP contribution in [0.3, 0.4) is 0 Å². The van der Waals surface area contributed by atoms with E-state index in [-0.39, 0.29) is 0 Å². The second-order valence-electron chi connectivity index (χ2n) is 4.84. The van der Waals surface area contributed by atoms with Crippen molar-refractivity contribution in [3.63, 3.8) is 0 Å². The van der Waals surface area contributed by atoms with E-state index in [1.54, 1.807) is 7.11 Å². The highest BCUT2D eigenvalue weighted by molar-refractivity contribution is 5.33. The molecule has 0 unspecified atom stereocenters. The molecule has 4 heteroatoms. The van der Waals surface area contributed by atoms with Gasteiger partial charge >= 0.3 is 0 Å². The van der Waals surface area contributed by atoms with Crippen LogP contribution in [-0.4, -0.2) is 24.0 Å². The third kappa shape index (κ3) is 3.79. The van der Waals surface area contributed by atoms with Crippen LogP contribution in [0.15, 0.2) is 42.6 Å². The van der Waals surface area contributed by atoms with Gasteiger partial charge in [0.2, 0.25) is 0 Å². The Labute approximate surface area is 120 Å². The molecule has 0 spiro atoms. The van der Waals surface area contributed by atoms with Crippen LogP contribution < -0.4 is 10.5 Å². The third-order valence-electron chi connectivity index (χ3n) is 3.18. The van der Waals surface area contributed by atoms with Crippen LogP contribution in [0.4, 0.5) is 0 Å². The summed E-state index contributed by atoms with van der Waals surface area (Å²) in [7, 11) is 3.80. The van der Waals surface area contributed by atoms with E-state index in [4.69, 9.17) is 10.5 Å². The molecule has 0 amide bonds. The van der Waals surface area contributed by atoms with Crippen molar-refractivity contribution < 1.29 is 4.74 Å². The Morgan fingerprint density at radius 2 is 2.00 bits per heavy atom. The highest BCUT2D eigenvalue weighted by atomic mass is 16.5. The first-order valence-electron chi connectivity index (χ1n) is 6.67. The first kappa shape index (κ1) is 14.5. The second kappa shape index (κ2) is 7.03. The van der Waals surface area contributed by atoms with E-state index in [1.807, 2.05) is 30.5 Å². The fraction of sp³-hybridized carbons (Fsp3) is 0.312. The first-order chi connectivity index (χ1) is 9.72. The quantitative estimate of drug-likeness (QED) is 0.875. The van der Waals surface area contributed by atoms with Gasteiger partial charge in [-0.2, -0.15) is 0 Å². The third-order valence-corrected chi connectivity index (χ3v) is 3.18. The molecule has 2 rings (SSSR count). The Morgan fingerprint density at radius 3 is 2.75 bits per heavy atom. The van der Waals surface area contributed by atoms with Crippen molar-refractivity contribution in [2.24, 2.45) is 5.73 Å². The largest absolute Gasteiger partial charge is 0.496 e. The summed E-state index contributed by atoms with van der Waals surface area (Å²) in [6.45, 7) is 2.17. The van der Waals surface area contributed by atoms with Gasteiger partial charge in [-0.15, -0.1) is 0 Å². The molecule has 0 atom stereocenters. The van der Waals surface area contributed by atoms with Crippen LogP contribution in [0, 0.1) is 0 Å². The summed E-state index contributed by atoms with van der Waals surface area (Å²) in [6, 6.07) is 12.2. The van der Waals surface area contributed by atoms with Crippen molar-refractivity contribution >= 4 is 0 Å². The van der Waals surface area contributed by atoms with Gasteiger partial charge in [-0.25, -0.2) is 0 Å². The molecule has 1 aromatic heterocycles. The van der Waals surface area contributed by atoms with Crippen molar-refractivity contribution in [3.05, 3.63) is 59.4 Å². The van der Waals surface area contributed by atoms with Gasteiger partial charge in [0.1, 0.15) is 5.75 Å². The van der Waals surface area contributed by atoms with Gasteiger partial charge in [-0.3, -0.25) is 9.88 Å². The first-order valence-corrected chi connectivity index (χ1v) is 6.67. The van der Waals surface area contributed by atoms with E-state index < -0.39 is 0 Å². The maximum Gasteiger partial charge on any atom is 0.123 e. The summed E-state index contributed by atoms with van der Waals surface area (Å²) in [5.41, 5.74) is 8.95. The number of nitrogens with two attached hydrogens (primary N) is 1. The van der Waals surface area contributed by atoms with Crippen LogP contribution in [0.5, 0.6) is 5.75 Å². The predicted octanol–water partition coefficient (Wildman–Crippen LogP) is 2.18. The lowest BCUT2D eigenvalue weighted by Crippen LogP contribution is -2.18. The molecule has 0 fully saturated rings. The fourth-order valence-electron chi connectivity index (χ4n) is 2.23. The van der Waals surface area contributed by atoms with E-state index in [0.717, 1.165) is 24.5 Å². The van der Waals surface area contributed by atoms with Gasteiger partial charge in [0, 0.05) is 31.4 Å². The zero-order valence-corrected chi connectivity index (χ0v) is 12.0. The number of nitrogens with zero attached hydrogens (tertiary/aromatic N) is 2. The minimum absolute atomic E-state index is 0.476. The molecule has 2 N–H and O–H groups in total. The number of benzene rings is 1. The van der Waals surface area contributed by atoms with Gasteiger partial charge in [-0.1, -0.05) is 18.2 Å². The molecule has 2 aromatic rings. The molecule has 106 valence electrons. The number of pyridine rings is 1. The Hall–Kier alpha value is -1.91. The van der Waals surface area contributed by atoms with E-state index in [0.29, 0.717) is 6.54 Å². The Bertz CT molecular complexity index is 557. The lowest BCUT2D eigenvalue weighted by atomic mass is 10.1. The molecule has 4 nitrogen and oxygen atoms in total. The van der Waals surface area contributed by atoms with Crippen LogP contribution >= 0.6 is 0 Å². The van der Waals surface area contributed by atoms with Gasteiger partial charge in [0.05, 0.1) is 12.8 Å². The van der Waals surface area contributed by atoms with E-state index in [1.165, 1.54) is 11.1 Å². The topological polar surface area (TPSA) is 51.4 Å². The Kier molecular flexibility index (Phi) is 5.09. The van der Waals surface area contributed by atoms with Crippen molar-refractivity contribution in [1.29, 1.82) is 0 Å². The summed E-state index contributed by atoms with van der Waals surface area (Å²) in [5, 5.41) is 0. The molecule has 0 radical (unpaired) electrons. The van der Waals surface area contributed by atoms with Crippen molar-refractivity contribution in [2.45, 2.75) is 19.6 Å². The standard InChI is InChI=1S/C16H21N3O/c1-19(11-13-7-8-18-15(9-13)10-17)12-14-5-3-4-6-16(14)20-2/h3-9H,10-12,17H2,1-2H3. The van der Waals surface area contributed by atoms with Gasteiger partial charge in [0.15, 0.2) is 0 Å². The smallest absolute Gasteiger partial charge is 0.123 e. The van der Waals surface area contributed by atoms with E-state index >= 15 is 0 Å². The van der Waals surface area contributed by atoms with Crippen molar-refractivity contribution in [3.8, 4) is 5.75 Å². The summed E-state index contributed by atoms with van der Waals surface area (Å²) in [4.78, 5) is 6.46. The highest BCUT2D eigenvalue weighted by Gasteiger charge is 2.06. The van der Waals surface area contributed by atoms with Crippen molar-refractivity contribution in [2.75, 3.05) is 14.2 Å². The van der Waals surface area contributed by atoms with Crippen LogP contribution in [0.25, 0.3) is 0 Å². The molecular weight excluding hydrogens is 250 g/mol. The normalized spacial score (nSPS) is 10.8. The maximum atomic E-state index is 5.62. The van der Waals surface area contributed by atoms with Crippen LogP contribution in [0.2, 0.25) is 0 Å². The van der Waals surface area contributed by atoms with E-state index in [9.17, 15) is 0 Å². The molecule has 0 saturated heterocycles. The summed E-state index contributed by atoms with van der Waals surface area (Å²) < 4.78 is 5.38. The number of para-hydroxylation sites is 1. The highest BCUT2D eigenvalue weighted by Crippen LogP contribution is 2.19. The minimum atomic E-state index is 0.476. The zero-order chi connectivity index (χ0) is 14.4. The molecule has 0 aliphatic carbocycles. The molecule has 0 aliphatic rings. The molecule has 1 heterocycles. The number of methoxy groups -OCH3 is 1. The average Bonchev–Trinajstić information content (AvgIpc) is 2.48.